The highest BCUT2D eigenvalue weighted by Crippen LogP contribution is 2.31. The number of β-amino-alcohol motifs (C(OH)–C–C–N with tert-alkyl or cyclic N) is 1. The van der Waals surface area contributed by atoms with E-state index in [9.17, 15) is 27.8 Å². The Balaban J connectivity index is 2.28. The molecule has 4 nitrogen and oxygen atoms in total. The van der Waals surface area contributed by atoms with Gasteiger partial charge < -0.3 is 14.9 Å². The van der Waals surface area contributed by atoms with Crippen LogP contribution < -0.4 is 4.74 Å². The van der Waals surface area contributed by atoms with Gasteiger partial charge in [-0.05, 0) is 13.3 Å². The monoisotopic (exact) mass is 323 g/mol. The van der Waals surface area contributed by atoms with Gasteiger partial charge >= 0.3 is 0 Å². The first-order chi connectivity index (χ1) is 10.2. The second-order valence-corrected chi connectivity index (χ2v) is 5.63. The third-order valence-corrected chi connectivity index (χ3v) is 3.98. The van der Waals surface area contributed by atoms with Crippen molar-refractivity contribution in [1.82, 2.24) is 4.90 Å². The van der Waals surface area contributed by atoms with E-state index in [4.69, 9.17) is 0 Å². The van der Waals surface area contributed by atoms with Gasteiger partial charge in [0.25, 0.3) is 0 Å². The number of hydrogen-bond donors (Lipinski definition) is 2. The summed E-state index contributed by atoms with van der Waals surface area (Å²) in [6, 6.07) is 0. The van der Waals surface area contributed by atoms with Gasteiger partial charge in [-0.2, -0.15) is 8.78 Å². The largest absolute Gasteiger partial charge is 0.491 e. The van der Waals surface area contributed by atoms with Gasteiger partial charge in [-0.15, -0.1) is 0 Å². The molecule has 22 heavy (non-hydrogen) atoms. The average Bonchev–Trinajstić information content (AvgIpc) is 2.46. The highest BCUT2D eigenvalue weighted by atomic mass is 19.2. The van der Waals surface area contributed by atoms with Crippen LogP contribution >= 0.6 is 0 Å². The molecule has 0 aromatic heterocycles. The molecule has 0 amide bonds. The van der Waals surface area contributed by atoms with Crippen LogP contribution in [0.15, 0.2) is 0 Å². The lowest BCUT2D eigenvalue weighted by atomic mass is 9.90. The fourth-order valence-electron chi connectivity index (χ4n) is 2.43. The van der Waals surface area contributed by atoms with E-state index in [2.05, 4.69) is 4.74 Å². The topological polar surface area (TPSA) is 52.9 Å². The number of hydrogen-bond acceptors (Lipinski definition) is 4. The molecule has 0 unspecified atom stereocenters. The molecule has 1 fully saturated rings. The van der Waals surface area contributed by atoms with Crippen molar-refractivity contribution in [2.75, 3.05) is 20.2 Å². The van der Waals surface area contributed by atoms with Crippen LogP contribution in [0.4, 0.5) is 17.6 Å². The molecule has 1 aliphatic rings. The molecule has 2 atom stereocenters. The van der Waals surface area contributed by atoms with Gasteiger partial charge in [0.15, 0.2) is 17.4 Å². The smallest absolute Gasteiger partial charge is 0.204 e. The SMILES string of the molecule is COc1c(F)c(F)c(CN2CC[C@@](C)(O)[C@@H](O)C2)c(F)c1F. The Labute approximate surface area is 124 Å². The zero-order valence-corrected chi connectivity index (χ0v) is 12.2. The third-order valence-electron chi connectivity index (χ3n) is 3.98. The average molecular weight is 323 g/mol. The lowest BCUT2D eigenvalue weighted by Crippen LogP contribution is -2.53. The van der Waals surface area contributed by atoms with Crippen molar-refractivity contribution in [2.24, 2.45) is 0 Å². The van der Waals surface area contributed by atoms with E-state index < -0.39 is 52.8 Å². The van der Waals surface area contributed by atoms with E-state index in [1.807, 2.05) is 0 Å². The van der Waals surface area contributed by atoms with Gasteiger partial charge in [0.2, 0.25) is 11.6 Å². The fourth-order valence-corrected chi connectivity index (χ4v) is 2.43. The summed E-state index contributed by atoms with van der Waals surface area (Å²) in [6.45, 7) is 1.17. The van der Waals surface area contributed by atoms with E-state index in [0.717, 1.165) is 7.11 Å². The summed E-state index contributed by atoms with van der Waals surface area (Å²) in [5.41, 5.74) is -2.08. The summed E-state index contributed by atoms with van der Waals surface area (Å²) in [7, 11) is 0.906. The Kier molecular flexibility index (Phi) is 4.65. The highest BCUT2D eigenvalue weighted by molar-refractivity contribution is 5.34. The van der Waals surface area contributed by atoms with E-state index in [0.29, 0.717) is 0 Å². The van der Waals surface area contributed by atoms with Gasteiger partial charge in [-0.3, -0.25) is 4.90 Å². The second kappa shape index (κ2) is 6.02. The normalized spacial score (nSPS) is 26.3. The minimum absolute atomic E-state index is 0.0683. The zero-order valence-electron chi connectivity index (χ0n) is 12.2. The number of benzene rings is 1. The Morgan fingerprint density at radius 3 is 2.18 bits per heavy atom. The van der Waals surface area contributed by atoms with Crippen LogP contribution in [-0.2, 0) is 6.54 Å². The molecule has 0 saturated carbocycles. The van der Waals surface area contributed by atoms with E-state index in [1.54, 1.807) is 0 Å². The van der Waals surface area contributed by atoms with Gasteiger partial charge in [-0.25, -0.2) is 8.78 Å². The molecule has 0 aliphatic carbocycles. The molecule has 1 aromatic rings. The summed E-state index contributed by atoms with van der Waals surface area (Å²) in [5.74, 6) is -7.35. The number of aliphatic hydroxyl groups is 2. The zero-order chi connectivity index (χ0) is 16.7. The van der Waals surface area contributed by atoms with Gasteiger partial charge in [0, 0.05) is 25.2 Å². The molecular weight excluding hydrogens is 306 g/mol. The number of likely N-dealkylation sites (tertiary alicyclic amines) is 1. The number of methoxy groups -OCH3 is 1. The molecule has 2 rings (SSSR count). The molecule has 1 heterocycles. The lowest BCUT2D eigenvalue weighted by Gasteiger charge is -2.40. The Morgan fingerprint density at radius 1 is 1.18 bits per heavy atom. The van der Waals surface area contributed by atoms with Crippen molar-refractivity contribution in [3.05, 3.63) is 28.8 Å². The molecule has 1 aliphatic heterocycles. The first-order valence-corrected chi connectivity index (χ1v) is 6.70. The number of rotatable bonds is 3. The molecule has 0 spiro atoms. The Morgan fingerprint density at radius 2 is 1.73 bits per heavy atom. The van der Waals surface area contributed by atoms with Crippen LogP contribution in [0.3, 0.4) is 0 Å². The number of ether oxygens (including phenoxy) is 1. The summed E-state index contributed by atoms with van der Waals surface area (Å²) in [5, 5.41) is 19.6. The number of piperidine rings is 1. The molecule has 1 saturated heterocycles. The number of halogens is 4. The third kappa shape index (κ3) is 2.90. The minimum Gasteiger partial charge on any atom is -0.491 e. The Bertz CT molecular complexity index is 551. The van der Waals surface area contributed by atoms with Crippen LogP contribution in [-0.4, -0.2) is 47.0 Å². The van der Waals surface area contributed by atoms with Crippen molar-refractivity contribution >= 4 is 0 Å². The summed E-state index contributed by atoms with van der Waals surface area (Å²) in [4.78, 5) is 1.41. The number of aliphatic hydroxyl groups excluding tert-OH is 1. The molecule has 1 aromatic carbocycles. The van der Waals surface area contributed by atoms with Crippen molar-refractivity contribution in [3.8, 4) is 5.75 Å². The quantitative estimate of drug-likeness (QED) is 0.655. The lowest BCUT2D eigenvalue weighted by molar-refractivity contribution is -0.108. The van der Waals surface area contributed by atoms with Gasteiger partial charge in [0.1, 0.15) is 0 Å². The molecular formula is C14H17F4NO3. The van der Waals surface area contributed by atoms with Gasteiger partial charge in [0.05, 0.1) is 18.8 Å². The maximum Gasteiger partial charge on any atom is 0.204 e. The molecule has 2 N–H and O–H groups in total. The van der Waals surface area contributed by atoms with Crippen molar-refractivity contribution < 1.29 is 32.5 Å². The molecule has 0 bridgehead atoms. The standard InChI is InChI=1S/C14H17F4NO3/c1-14(21)3-4-19(6-8(14)20)5-7-9(15)11(17)13(22-2)12(18)10(7)16/h8,20-21H,3-6H2,1-2H3/t8-,14+/m0/s1. The predicted molar refractivity (Wildman–Crippen MR) is 69.4 cm³/mol. The van der Waals surface area contributed by atoms with Crippen LogP contribution in [0.1, 0.15) is 18.9 Å². The molecule has 0 radical (unpaired) electrons. The summed E-state index contributed by atoms with van der Waals surface area (Å²) >= 11 is 0. The fraction of sp³-hybridized carbons (Fsp3) is 0.571. The van der Waals surface area contributed by atoms with Crippen molar-refractivity contribution in [1.29, 1.82) is 0 Å². The van der Waals surface area contributed by atoms with E-state index in [-0.39, 0.29) is 19.5 Å². The minimum atomic E-state index is -1.60. The molecule has 124 valence electrons. The maximum absolute atomic E-state index is 13.9. The van der Waals surface area contributed by atoms with Crippen molar-refractivity contribution in [3.63, 3.8) is 0 Å². The highest BCUT2D eigenvalue weighted by Gasteiger charge is 2.37. The second-order valence-electron chi connectivity index (χ2n) is 5.63. The van der Waals surface area contributed by atoms with Crippen LogP contribution in [0.25, 0.3) is 0 Å². The predicted octanol–water partition coefficient (Wildman–Crippen LogP) is 1.57. The van der Waals surface area contributed by atoms with E-state index in [1.165, 1.54) is 11.8 Å². The first kappa shape index (κ1) is 17.0. The number of nitrogens with zero attached hydrogens (tertiary/aromatic N) is 1. The molecule has 8 heteroatoms. The van der Waals surface area contributed by atoms with Crippen LogP contribution in [0.2, 0.25) is 0 Å². The summed E-state index contributed by atoms with van der Waals surface area (Å²) < 4.78 is 59.4. The van der Waals surface area contributed by atoms with Crippen LogP contribution in [0.5, 0.6) is 5.75 Å². The van der Waals surface area contributed by atoms with Gasteiger partial charge in [-0.1, -0.05) is 0 Å². The Hall–Kier alpha value is -1.38. The van der Waals surface area contributed by atoms with E-state index >= 15 is 0 Å². The maximum atomic E-state index is 13.9. The first-order valence-electron chi connectivity index (χ1n) is 6.70. The summed E-state index contributed by atoms with van der Waals surface area (Å²) in [6.07, 6.45) is -0.960. The van der Waals surface area contributed by atoms with Crippen LogP contribution in [0, 0.1) is 23.3 Å². The van der Waals surface area contributed by atoms with Crippen molar-refractivity contribution in [2.45, 2.75) is 31.6 Å².